The van der Waals surface area contributed by atoms with E-state index in [9.17, 15) is 28.0 Å². The van der Waals surface area contributed by atoms with Crippen LogP contribution in [-0.2, 0) is 10.9 Å². The number of thiazole rings is 1. The lowest BCUT2D eigenvalue weighted by Crippen LogP contribution is -2.50. The summed E-state index contributed by atoms with van der Waals surface area (Å²) in [7, 11) is 0. The molecule has 0 bridgehead atoms. The van der Waals surface area contributed by atoms with E-state index in [1.807, 2.05) is 6.07 Å². The first kappa shape index (κ1) is 21.3. The fourth-order valence-electron chi connectivity index (χ4n) is 2.89. The molecule has 2 aromatic rings. The Morgan fingerprint density at radius 2 is 2.03 bits per heavy atom. The minimum Gasteiger partial charge on any atom is -0.449 e. The minimum atomic E-state index is -4.45. The number of hydrogen-bond acceptors (Lipinski definition) is 6. The second kappa shape index (κ2) is 8.16. The van der Waals surface area contributed by atoms with Crippen LogP contribution in [0.15, 0.2) is 40.9 Å². The van der Waals surface area contributed by atoms with Crippen molar-refractivity contribution in [2.75, 3.05) is 6.61 Å². The van der Waals surface area contributed by atoms with Crippen LogP contribution in [0.3, 0.4) is 0 Å². The molecule has 3 rings (SSSR count). The molecule has 1 aromatic carbocycles. The van der Waals surface area contributed by atoms with Gasteiger partial charge in [0.05, 0.1) is 29.5 Å². The predicted octanol–water partition coefficient (Wildman–Crippen LogP) is 4.85. The summed E-state index contributed by atoms with van der Waals surface area (Å²) in [6.07, 6.45) is -5.39. The Morgan fingerprint density at radius 3 is 2.60 bits per heavy atom. The SMILES string of the molecule is CCOC(=O)N1C(=O)NC(C)=C(C#N)C1c1csc(-c2ccc(C(F)(F)F)cc2)n1. The van der Waals surface area contributed by atoms with Crippen LogP contribution < -0.4 is 5.32 Å². The van der Waals surface area contributed by atoms with Gasteiger partial charge in [0.1, 0.15) is 11.0 Å². The fraction of sp³-hybridized carbons (Fsp3) is 0.263. The van der Waals surface area contributed by atoms with E-state index in [0.29, 0.717) is 10.6 Å². The number of nitrogens with zero attached hydrogens (tertiary/aromatic N) is 3. The highest BCUT2D eigenvalue weighted by molar-refractivity contribution is 7.13. The molecule has 11 heteroatoms. The third kappa shape index (κ3) is 3.99. The number of carbonyl (C=O) groups excluding carboxylic acids is 2. The maximum Gasteiger partial charge on any atom is 0.418 e. The van der Waals surface area contributed by atoms with Crippen LogP contribution in [-0.4, -0.2) is 28.6 Å². The Balaban J connectivity index is 2.01. The zero-order valence-electron chi connectivity index (χ0n) is 15.8. The predicted molar refractivity (Wildman–Crippen MR) is 101 cm³/mol. The molecule has 1 unspecified atom stereocenters. The number of amides is 3. The van der Waals surface area contributed by atoms with Crippen LogP contribution in [0.2, 0.25) is 0 Å². The Morgan fingerprint density at radius 1 is 1.37 bits per heavy atom. The molecule has 1 aromatic heterocycles. The topological polar surface area (TPSA) is 95.3 Å². The molecule has 1 N–H and O–H groups in total. The third-order valence-corrected chi connectivity index (χ3v) is 5.20. The molecule has 0 radical (unpaired) electrons. The van der Waals surface area contributed by atoms with Gasteiger partial charge in [0.2, 0.25) is 0 Å². The summed E-state index contributed by atoms with van der Waals surface area (Å²) in [6.45, 7) is 3.12. The minimum absolute atomic E-state index is 0.0216. The van der Waals surface area contributed by atoms with Crippen LogP contribution in [0.5, 0.6) is 0 Å². The second-order valence-corrected chi connectivity index (χ2v) is 7.06. The number of aromatic nitrogens is 1. The van der Waals surface area contributed by atoms with Gasteiger partial charge in [-0.2, -0.15) is 18.4 Å². The smallest absolute Gasteiger partial charge is 0.418 e. The molecule has 1 atom stereocenters. The molecule has 0 fully saturated rings. The lowest BCUT2D eigenvalue weighted by atomic mass is 10.0. The van der Waals surface area contributed by atoms with Gasteiger partial charge in [-0.25, -0.2) is 19.5 Å². The Labute approximate surface area is 173 Å². The first-order valence-corrected chi connectivity index (χ1v) is 9.56. The first-order valence-electron chi connectivity index (χ1n) is 8.68. The summed E-state index contributed by atoms with van der Waals surface area (Å²) < 4.78 is 43.2. The number of rotatable bonds is 3. The number of benzene rings is 1. The summed E-state index contributed by atoms with van der Waals surface area (Å²) in [5.41, 5.74) is 0.255. The fourth-order valence-corrected chi connectivity index (χ4v) is 3.74. The number of nitrogens with one attached hydrogen (secondary N) is 1. The number of imide groups is 1. The van der Waals surface area contributed by atoms with Gasteiger partial charge in [0.25, 0.3) is 0 Å². The van der Waals surface area contributed by atoms with Crippen molar-refractivity contribution in [3.8, 4) is 16.6 Å². The molecule has 0 spiro atoms. The van der Waals surface area contributed by atoms with Crippen molar-refractivity contribution < 1.29 is 27.5 Å². The van der Waals surface area contributed by atoms with Gasteiger partial charge < -0.3 is 10.1 Å². The maximum atomic E-state index is 12.8. The maximum absolute atomic E-state index is 12.8. The van der Waals surface area contributed by atoms with Crippen molar-refractivity contribution >= 4 is 23.5 Å². The molecule has 30 heavy (non-hydrogen) atoms. The molecular formula is C19H15F3N4O3S. The van der Waals surface area contributed by atoms with Crippen molar-refractivity contribution in [3.63, 3.8) is 0 Å². The molecule has 2 heterocycles. The largest absolute Gasteiger partial charge is 0.449 e. The summed E-state index contributed by atoms with van der Waals surface area (Å²) >= 11 is 1.12. The number of carbonyl (C=O) groups is 2. The molecule has 156 valence electrons. The summed E-state index contributed by atoms with van der Waals surface area (Å²) in [5.74, 6) is 0. The van der Waals surface area contributed by atoms with E-state index in [1.54, 1.807) is 12.3 Å². The van der Waals surface area contributed by atoms with E-state index in [1.165, 1.54) is 19.1 Å². The zero-order valence-corrected chi connectivity index (χ0v) is 16.6. The van der Waals surface area contributed by atoms with Crippen molar-refractivity contribution in [3.05, 3.63) is 52.2 Å². The Bertz CT molecular complexity index is 1050. The van der Waals surface area contributed by atoms with Gasteiger partial charge in [-0.15, -0.1) is 11.3 Å². The van der Waals surface area contributed by atoms with Crippen LogP contribution in [0.1, 0.15) is 31.1 Å². The van der Waals surface area contributed by atoms with Crippen molar-refractivity contribution in [1.29, 1.82) is 5.26 Å². The van der Waals surface area contributed by atoms with Crippen LogP contribution in [0.4, 0.5) is 22.8 Å². The lowest BCUT2D eigenvalue weighted by molar-refractivity contribution is -0.137. The molecule has 1 aliphatic heterocycles. The van der Waals surface area contributed by atoms with Crippen molar-refractivity contribution in [2.24, 2.45) is 0 Å². The van der Waals surface area contributed by atoms with Gasteiger partial charge in [0, 0.05) is 16.6 Å². The quantitative estimate of drug-likeness (QED) is 0.742. The summed E-state index contributed by atoms with van der Waals surface area (Å²) in [5, 5.41) is 13.9. The molecule has 0 saturated carbocycles. The second-order valence-electron chi connectivity index (χ2n) is 6.20. The number of nitriles is 1. The van der Waals surface area contributed by atoms with Gasteiger partial charge in [-0.3, -0.25) is 0 Å². The molecule has 0 aliphatic carbocycles. The van der Waals surface area contributed by atoms with Crippen molar-refractivity contribution in [1.82, 2.24) is 15.2 Å². The number of urea groups is 1. The molecular weight excluding hydrogens is 421 g/mol. The molecule has 3 amide bonds. The number of hydrogen-bond donors (Lipinski definition) is 1. The average molecular weight is 436 g/mol. The molecule has 7 nitrogen and oxygen atoms in total. The number of ether oxygens (including phenoxy) is 1. The van der Waals surface area contributed by atoms with Gasteiger partial charge in [0.15, 0.2) is 0 Å². The lowest BCUT2D eigenvalue weighted by Gasteiger charge is -2.32. The number of alkyl halides is 3. The van der Waals surface area contributed by atoms with Crippen molar-refractivity contribution in [2.45, 2.75) is 26.1 Å². The number of halogens is 3. The van der Waals surface area contributed by atoms with Crippen LogP contribution in [0, 0.1) is 11.3 Å². The van der Waals surface area contributed by atoms with E-state index in [-0.39, 0.29) is 23.6 Å². The van der Waals surface area contributed by atoms with E-state index in [4.69, 9.17) is 4.74 Å². The zero-order chi connectivity index (χ0) is 22.1. The summed E-state index contributed by atoms with van der Waals surface area (Å²) in [6, 6.07) is 4.57. The monoisotopic (exact) mass is 436 g/mol. The first-order chi connectivity index (χ1) is 14.2. The number of allylic oxidation sites excluding steroid dienone is 1. The van der Waals surface area contributed by atoms with E-state index < -0.39 is 29.9 Å². The highest BCUT2D eigenvalue weighted by Gasteiger charge is 2.41. The van der Waals surface area contributed by atoms with E-state index >= 15 is 0 Å². The van der Waals surface area contributed by atoms with Gasteiger partial charge in [-0.1, -0.05) is 12.1 Å². The van der Waals surface area contributed by atoms with Crippen LogP contribution >= 0.6 is 11.3 Å². The highest BCUT2D eigenvalue weighted by Crippen LogP contribution is 2.37. The van der Waals surface area contributed by atoms with E-state index in [2.05, 4.69) is 10.3 Å². The standard InChI is InChI=1S/C19H15F3N4O3S/c1-3-29-18(28)26-15(13(8-23)10(2)24-17(26)27)14-9-30-16(25-14)11-4-6-12(7-5-11)19(20,21)22/h4-7,9,15H,3H2,1-2H3,(H,24,27). The molecule has 0 saturated heterocycles. The Kier molecular flexibility index (Phi) is 5.80. The van der Waals surface area contributed by atoms with Gasteiger partial charge >= 0.3 is 18.3 Å². The summed E-state index contributed by atoms with van der Waals surface area (Å²) in [4.78, 5) is 29.9. The van der Waals surface area contributed by atoms with Crippen LogP contribution in [0.25, 0.3) is 10.6 Å². The molecule has 1 aliphatic rings. The average Bonchev–Trinajstić information content (AvgIpc) is 3.17. The highest BCUT2D eigenvalue weighted by atomic mass is 32.1. The van der Waals surface area contributed by atoms with Gasteiger partial charge in [-0.05, 0) is 26.0 Å². The third-order valence-electron chi connectivity index (χ3n) is 4.30. The normalized spacial score (nSPS) is 16.9. The van der Waals surface area contributed by atoms with E-state index in [0.717, 1.165) is 28.4 Å². The Hall–Kier alpha value is -3.39.